The summed E-state index contributed by atoms with van der Waals surface area (Å²) < 4.78 is 43.4. The van der Waals surface area contributed by atoms with E-state index < -0.39 is 29.1 Å². The van der Waals surface area contributed by atoms with E-state index in [2.05, 4.69) is 25.3 Å². The first-order valence-corrected chi connectivity index (χ1v) is 10.2. The Morgan fingerprint density at radius 3 is 2.61 bits per heavy atom. The van der Waals surface area contributed by atoms with Crippen LogP contribution in [0.3, 0.4) is 0 Å². The molecule has 0 aliphatic rings. The molecule has 1 atom stereocenters. The Morgan fingerprint density at radius 2 is 1.82 bits per heavy atom. The molecule has 5 aromatic rings. The van der Waals surface area contributed by atoms with Crippen LogP contribution in [0, 0.1) is 17.5 Å². The smallest absolute Gasteiger partial charge is 0.263 e. The molecular formula is C23H17F3N6O. The second-order valence-corrected chi connectivity index (χ2v) is 7.46. The number of hydrogen-bond donors (Lipinski definition) is 2. The number of aromatic nitrogens is 5. The van der Waals surface area contributed by atoms with Crippen molar-refractivity contribution < 1.29 is 13.2 Å². The Morgan fingerprint density at radius 1 is 1.03 bits per heavy atom. The lowest BCUT2D eigenvalue weighted by Gasteiger charge is -2.23. The second kappa shape index (κ2) is 8.05. The molecule has 2 aromatic carbocycles. The van der Waals surface area contributed by atoms with Gasteiger partial charge < -0.3 is 10.3 Å². The molecule has 2 N–H and O–H groups in total. The minimum Gasteiger partial charge on any atom is -0.360 e. The van der Waals surface area contributed by atoms with Crippen molar-refractivity contribution in [1.82, 2.24) is 24.5 Å². The summed E-state index contributed by atoms with van der Waals surface area (Å²) >= 11 is 0. The normalized spacial score (nSPS) is 12.4. The van der Waals surface area contributed by atoms with Gasteiger partial charge in [-0.15, -0.1) is 0 Å². The van der Waals surface area contributed by atoms with Gasteiger partial charge in [-0.1, -0.05) is 13.0 Å². The lowest BCUT2D eigenvalue weighted by Crippen LogP contribution is -2.27. The maximum Gasteiger partial charge on any atom is 0.263 e. The quantitative estimate of drug-likeness (QED) is 0.407. The molecule has 0 bridgehead atoms. The first-order valence-electron chi connectivity index (χ1n) is 10.2. The molecule has 0 unspecified atom stereocenters. The molecule has 3 aromatic heterocycles. The number of hydrogen-bond acceptors (Lipinski definition) is 5. The number of anilines is 1. The Labute approximate surface area is 185 Å². The van der Waals surface area contributed by atoms with Crippen LogP contribution in [-0.2, 0) is 0 Å². The minimum absolute atomic E-state index is 0.0778. The molecule has 5 rings (SSSR count). The van der Waals surface area contributed by atoms with Gasteiger partial charge in [0.05, 0.1) is 23.4 Å². The van der Waals surface area contributed by atoms with Crippen LogP contribution in [0.4, 0.5) is 19.0 Å². The zero-order valence-corrected chi connectivity index (χ0v) is 17.3. The summed E-state index contributed by atoms with van der Waals surface area (Å²) in [4.78, 5) is 28.9. The number of nitrogens with zero attached hydrogens (tertiary/aromatic N) is 4. The SMILES string of the molecule is CC[C@H](Nc1ncnc2[nH]cnc12)c1cc2ccc(F)cc2c(=O)n1-c1ccc(F)cc1F. The predicted molar refractivity (Wildman–Crippen MR) is 118 cm³/mol. The van der Waals surface area contributed by atoms with E-state index in [-0.39, 0.29) is 11.1 Å². The summed E-state index contributed by atoms with van der Waals surface area (Å²) in [6, 6.07) is 7.96. The number of pyridine rings is 1. The number of halogens is 3. The van der Waals surface area contributed by atoms with Gasteiger partial charge in [-0.2, -0.15) is 0 Å². The summed E-state index contributed by atoms with van der Waals surface area (Å²) in [5.74, 6) is -1.86. The molecular weight excluding hydrogens is 433 g/mol. The largest absolute Gasteiger partial charge is 0.360 e. The van der Waals surface area contributed by atoms with Crippen LogP contribution in [0.5, 0.6) is 0 Å². The molecule has 0 fully saturated rings. The van der Waals surface area contributed by atoms with Crippen molar-refractivity contribution in [2.45, 2.75) is 19.4 Å². The lowest BCUT2D eigenvalue weighted by molar-refractivity contribution is 0.572. The molecule has 33 heavy (non-hydrogen) atoms. The first kappa shape index (κ1) is 20.7. The van der Waals surface area contributed by atoms with Crippen LogP contribution in [0.2, 0.25) is 0 Å². The minimum atomic E-state index is -0.916. The fourth-order valence-corrected chi connectivity index (χ4v) is 3.89. The standard InChI is InChI=1S/C23H17F3N6O/c1-2-17(31-22-20-21(28-10-27-20)29-11-30-22)19-7-12-3-4-13(24)8-15(12)23(33)32(19)18-6-5-14(25)9-16(18)26/h3-11,17H,2H2,1H3,(H2,27,28,29,30,31)/t17-/m0/s1. The highest BCUT2D eigenvalue weighted by atomic mass is 19.1. The van der Waals surface area contributed by atoms with Crippen LogP contribution in [0.25, 0.3) is 27.6 Å². The number of fused-ring (bicyclic) bond motifs is 2. The third kappa shape index (κ3) is 3.59. The fourth-order valence-electron chi connectivity index (χ4n) is 3.89. The Balaban J connectivity index is 1.75. The van der Waals surface area contributed by atoms with Gasteiger partial charge >= 0.3 is 0 Å². The molecule has 3 heterocycles. The Hall–Kier alpha value is -4.21. The molecule has 0 saturated heterocycles. The first-order chi connectivity index (χ1) is 16.0. The molecule has 0 aliphatic carbocycles. The molecule has 0 spiro atoms. The number of rotatable bonds is 5. The van der Waals surface area contributed by atoms with Gasteiger partial charge in [-0.3, -0.25) is 9.36 Å². The zero-order chi connectivity index (χ0) is 23.1. The molecule has 7 nitrogen and oxygen atoms in total. The number of aromatic amines is 1. The van der Waals surface area contributed by atoms with Gasteiger partial charge in [0.15, 0.2) is 11.5 Å². The third-order valence-electron chi connectivity index (χ3n) is 5.45. The van der Waals surface area contributed by atoms with Crippen LogP contribution in [0.15, 0.2) is 59.9 Å². The highest BCUT2D eigenvalue weighted by Gasteiger charge is 2.22. The van der Waals surface area contributed by atoms with Gasteiger partial charge in [-0.05, 0) is 42.1 Å². The van der Waals surface area contributed by atoms with Gasteiger partial charge in [0, 0.05) is 11.8 Å². The van der Waals surface area contributed by atoms with E-state index in [0.29, 0.717) is 40.5 Å². The topological polar surface area (TPSA) is 88.5 Å². The maximum absolute atomic E-state index is 14.8. The van der Waals surface area contributed by atoms with E-state index in [9.17, 15) is 18.0 Å². The zero-order valence-electron chi connectivity index (χ0n) is 17.3. The monoisotopic (exact) mass is 450 g/mol. The summed E-state index contributed by atoms with van der Waals surface area (Å²) in [5.41, 5.74) is 0.657. The molecule has 0 amide bonds. The molecule has 166 valence electrons. The van der Waals surface area contributed by atoms with Crippen molar-refractivity contribution in [2.24, 2.45) is 0 Å². The summed E-state index contributed by atoms with van der Waals surface area (Å²) in [6.45, 7) is 1.88. The van der Waals surface area contributed by atoms with E-state index in [0.717, 1.165) is 16.7 Å². The van der Waals surface area contributed by atoms with E-state index in [1.165, 1.54) is 30.9 Å². The Bertz CT molecular complexity index is 1560. The molecule has 0 radical (unpaired) electrons. The molecule has 0 aliphatic heterocycles. The van der Waals surface area contributed by atoms with E-state index in [1.807, 2.05) is 6.92 Å². The highest BCUT2D eigenvalue weighted by molar-refractivity contribution is 5.84. The van der Waals surface area contributed by atoms with Crippen LogP contribution < -0.4 is 10.9 Å². The fraction of sp³-hybridized carbons (Fsp3) is 0.130. The van der Waals surface area contributed by atoms with Crippen LogP contribution in [0.1, 0.15) is 25.1 Å². The number of nitrogens with one attached hydrogen (secondary N) is 2. The van der Waals surface area contributed by atoms with Crippen molar-refractivity contribution in [3.8, 4) is 5.69 Å². The van der Waals surface area contributed by atoms with Crippen molar-refractivity contribution >= 4 is 27.8 Å². The summed E-state index contributed by atoms with van der Waals surface area (Å²) in [7, 11) is 0. The van der Waals surface area contributed by atoms with Gasteiger partial charge in [-0.25, -0.2) is 28.1 Å². The van der Waals surface area contributed by atoms with Gasteiger partial charge in [0.2, 0.25) is 0 Å². The van der Waals surface area contributed by atoms with Crippen molar-refractivity contribution in [2.75, 3.05) is 5.32 Å². The summed E-state index contributed by atoms with van der Waals surface area (Å²) in [5, 5.41) is 3.82. The van der Waals surface area contributed by atoms with Crippen molar-refractivity contribution in [1.29, 1.82) is 0 Å². The van der Waals surface area contributed by atoms with E-state index in [1.54, 1.807) is 6.07 Å². The average Bonchev–Trinajstić information content (AvgIpc) is 3.28. The van der Waals surface area contributed by atoms with E-state index >= 15 is 0 Å². The molecule has 10 heteroatoms. The predicted octanol–water partition coefficient (Wildman–Crippen LogP) is 4.64. The molecule has 0 saturated carbocycles. The van der Waals surface area contributed by atoms with Gasteiger partial charge in [0.1, 0.15) is 29.3 Å². The van der Waals surface area contributed by atoms with Crippen molar-refractivity contribution in [3.63, 3.8) is 0 Å². The number of imidazole rings is 1. The maximum atomic E-state index is 14.8. The van der Waals surface area contributed by atoms with Crippen LogP contribution in [-0.4, -0.2) is 24.5 Å². The lowest BCUT2D eigenvalue weighted by atomic mass is 10.0. The number of H-pyrrole nitrogens is 1. The van der Waals surface area contributed by atoms with Crippen LogP contribution >= 0.6 is 0 Å². The Kier molecular flexibility index (Phi) is 5.04. The van der Waals surface area contributed by atoms with Gasteiger partial charge in [0.25, 0.3) is 5.56 Å². The van der Waals surface area contributed by atoms with E-state index in [4.69, 9.17) is 0 Å². The third-order valence-corrected chi connectivity index (χ3v) is 5.45. The highest BCUT2D eigenvalue weighted by Crippen LogP contribution is 2.29. The summed E-state index contributed by atoms with van der Waals surface area (Å²) in [6.07, 6.45) is 3.33. The average molecular weight is 450 g/mol. The van der Waals surface area contributed by atoms with Crippen molar-refractivity contribution in [3.05, 3.63) is 88.6 Å². The second-order valence-electron chi connectivity index (χ2n) is 7.46. The number of benzene rings is 2.